The fourth-order valence-corrected chi connectivity index (χ4v) is 0.456. The molecule has 0 N–H and O–H groups in total. The van der Waals surface area contributed by atoms with Crippen LogP contribution < -0.4 is 0 Å². The van der Waals surface area contributed by atoms with Gasteiger partial charge in [-0.05, 0) is 13.8 Å². The van der Waals surface area contributed by atoms with Crippen LogP contribution in [-0.2, 0) is 9.59 Å². The highest BCUT2D eigenvalue weighted by atomic mass is 19.4. The van der Waals surface area contributed by atoms with Crippen molar-refractivity contribution in [3.8, 4) is 0 Å². The van der Waals surface area contributed by atoms with Crippen molar-refractivity contribution >= 4 is 11.6 Å². The van der Waals surface area contributed by atoms with E-state index >= 15 is 0 Å². The number of carbonyl (C=O) groups excluding carboxylic acids is 2. The number of rotatable bonds is 3. The molecular formula is C7H8F4O2. The number of hydrogen-bond acceptors (Lipinski definition) is 2. The number of hydrogen-bond donors (Lipinski definition) is 0. The van der Waals surface area contributed by atoms with E-state index in [0.29, 0.717) is 0 Å². The molecule has 0 aromatic rings. The number of ketones is 2. The molecule has 0 aliphatic carbocycles. The Morgan fingerprint density at radius 3 is 1.62 bits per heavy atom. The van der Waals surface area contributed by atoms with E-state index in [0.717, 1.165) is 13.8 Å². The Balaban J connectivity index is 4.34. The molecule has 0 aliphatic rings. The first-order valence-corrected chi connectivity index (χ1v) is 3.37. The average molecular weight is 200 g/mol. The van der Waals surface area contributed by atoms with Gasteiger partial charge in [0.05, 0.1) is 6.42 Å². The molecule has 0 radical (unpaired) electrons. The summed E-state index contributed by atoms with van der Waals surface area (Å²) < 4.78 is 47.4. The molecule has 0 aliphatic heterocycles. The second-order valence-electron chi connectivity index (χ2n) is 2.99. The van der Waals surface area contributed by atoms with Crippen molar-refractivity contribution in [2.75, 3.05) is 0 Å². The number of alkyl halides is 4. The van der Waals surface area contributed by atoms with Gasteiger partial charge in [0, 0.05) is 0 Å². The largest absolute Gasteiger partial charge is 0.450 e. The van der Waals surface area contributed by atoms with Crippen molar-refractivity contribution in [3.05, 3.63) is 0 Å². The van der Waals surface area contributed by atoms with Crippen LogP contribution in [0.3, 0.4) is 0 Å². The van der Waals surface area contributed by atoms with Crippen LogP contribution >= 0.6 is 0 Å². The van der Waals surface area contributed by atoms with Gasteiger partial charge < -0.3 is 0 Å². The summed E-state index contributed by atoms with van der Waals surface area (Å²) >= 11 is 0. The Morgan fingerprint density at radius 2 is 1.38 bits per heavy atom. The lowest BCUT2D eigenvalue weighted by Gasteiger charge is -2.12. The molecule has 0 unspecified atom stereocenters. The molecule has 0 saturated heterocycles. The highest BCUT2D eigenvalue weighted by molar-refractivity contribution is 6.04. The zero-order valence-corrected chi connectivity index (χ0v) is 7.04. The van der Waals surface area contributed by atoms with E-state index in [9.17, 15) is 27.2 Å². The van der Waals surface area contributed by atoms with Crippen molar-refractivity contribution in [2.45, 2.75) is 32.1 Å². The van der Waals surface area contributed by atoms with Crippen LogP contribution in [0.5, 0.6) is 0 Å². The molecule has 2 nitrogen and oxygen atoms in total. The van der Waals surface area contributed by atoms with Gasteiger partial charge in [0.1, 0.15) is 0 Å². The molecule has 0 fully saturated rings. The van der Waals surface area contributed by atoms with Gasteiger partial charge in [-0.3, -0.25) is 9.59 Å². The molecule has 0 aromatic carbocycles. The molecule has 6 heteroatoms. The zero-order chi connectivity index (χ0) is 10.9. The molecule has 0 heterocycles. The van der Waals surface area contributed by atoms with Gasteiger partial charge in [-0.15, -0.1) is 0 Å². The zero-order valence-electron chi connectivity index (χ0n) is 7.04. The second kappa shape index (κ2) is 3.43. The van der Waals surface area contributed by atoms with Gasteiger partial charge in [-0.2, -0.15) is 13.2 Å². The third-order valence-corrected chi connectivity index (χ3v) is 1.30. The Labute approximate surface area is 71.9 Å². The summed E-state index contributed by atoms with van der Waals surface area (Å²) in [7, 11) is 0. The van der Waals surface area contributed by atoms with Crippen LogP contribution in [0.25, 0.3) is 0 Å². The van der Waals surface area contributed by atoms with Gasteiger partial charge in [0.15, 0.2) is 11.5 Å². The number of halogens is 4. The molecule has 0 aromatic heterocycles. The van der Waals surface area contributed by atoms with E-state index in [1.54, 1.807) is 0 Å². The Morgan fingerprint density at radius 1 is 1.00 bits per heavy atom. The third-order valence-electron chi connectivity index (χ3n) is 1.30. The SMILES string of the molecule is CC(C)(F)C(=O)CC(=O)C(F)(F)F. The average Bonchev–Trinajstić information content (AvgIpc) is 1.82. The Bertz CT molecular complexity index is 200. The molecule has 0 atom stereocenters. The van der Waals surface area contributed by atoms with E-state index in [1.165, 1.54) is 0 Å². The van der Waals surface area contributed by atoms with E-state index in [-0.39, 0.29) is 0 Å². The first-order chi connectivity index (χ1) is 5.55. The number of carbonyl (C=O) groups is 2. The van der Waals surface area contributed by atoms with Gasteiger partial charge in [0.25, 0.3) is 0 Å². The molecule has 0 spiro atoms. The summed E-state index contributed by atoms with van der Waals surface area (Å²) in [5.41, 5.74) is -2.40. The minimum absolute atomic E-state index is 0.805. The van der Waals surface area contributed by atoms with Gasteiger partial charge in [0.2, 0.25) is 5.78 Å². The van der Waals surface area contributed by atoms with Gasteiger partial charge >= 0.3 is 6.18 Å². The summed E-state index contributed by atoms with van der Waals surface area (Å²) in [5.74, 6) is -3.59. The number of Topliss-reactive ketones (excluding diaryl/α,β-unsaturated/α-hetero) is 2. The lowest BCUT2D eigenvalue weighted by molar-refractivity contribution is -0.172. The van der Waals surface area contributed by atoms with Crippen LogP contribution in [0.2, 0.25) is 0 Å². The smallest absolute Gasteiger partial charge is 0.296 e. The maximum absolute atomic E-state index is 12.7. The van der Waals surface area contributed by atoms with Crippen molar-refractivity contribution in [1.82, 2.24) is 0 Å². The molecular weight excluding hydrogens is 192 g/mol. The van der Waals surface area contributed by atoms with Crippen molar-refractivity contribution in [2.24, 2.45) is 0 Å². The van der Waals surface area contributed by atoms with E-state index in [2.05, 4.69) is 0 Å². The van der Waals surface area contributed by atoms with Crippen molar-refractivity contribution in [1.29, 1.82) is 0 Å². The summed E-state index contributed by atoms with van der Waals surface area (Å²) in [6.07, 6.45) is -6.51. The van der Waals surface area contributed by atoms with Crippen molar-refractivity contribution < 1.29 is 27.2 Å². The quantitative estimate of drug-likeness (QED) is 0.514. The summed E-state index contributed by atoms with van der Waals surface area (Å²) in [6, 6.07) is 0. The molecule has 0 bridgehead atoms. The van der Waals surface area contributed by atoms with Gasteiger partial charge in [-0.1, -0.05) is 0 Å². The molecule has 0 saturated carbocycles. The summed E-state index contributed by atoms with van der Waals surface area (Å²) in [5, 5.41) is 0. The lowest BCUT2D eigenvalue weighted by Crippen LogP contribution is -2.33. The van der Waals surface area contributed by atoms with Gasteiger partial charge in [-0.25, -0.2) is 4.39 Å². The standard InChI is InChI=1S/C7H8F4O2/c1-6(2,8)4(12)3-5(13)7(9,10)11/h3H2,1-2H3. The summed E-state index contributed by atoms with van der Waals surface area (Å²) in [4.78, 5) is 20.8. The van der Waals surface area contributed by atoms with Crippen molar-refractivity contribution in [3.63, 3.8) is 0 Å². The monoisotopic (exact) mass is 200 g/mol. The fraction of sp³-hybridized carbons (Fsp3) is 0.714. The predicted octanol–water partition coefficient (Wildman–Crippen LogP) is 1.83. The lowest BCUT2D eigenvalue weighted by atomic mass is 10.0. The summed E-state index contributed by atoms with van der Waals surface area (Å²) in [6.45, 7) is 1.61. The minimum Gasteiger partial charge on any atom is -0.296 e. The Hall–Kier alpha value is -0.940. The maximum Gasteiger partial charge on any atom is 0.450 e. The van der Waals surface area contributed by atoms with Crippen LogP contribution in [-0.4, -0.2) is 23.4 Å². The highest BCUT2D eigenvalue weighted by Crippen LogP contribution is 2.21. The van der Waals surface area contributed by atoms with Crippen LogP contribution in [0.1, 0.15) is 20.3 Å². The highest BCUT2D eigenvalue weighted by Gasteiger charge is 2.41. The topological polar surface area (TPSA) is 34.1 Å². The third kappa shape index (κ3) is 4.00. The van der Waals surface area contributed by atoms with Crippen LogP contribution in [0, 0.1) is 0 Å². The van der Waals surface area contributed by atoms with Crippen LogP contribution in [0.15, 0.2) is 0 Å². The Kier molecular flexibility index (Phi) is 3.18. The molecule has 0 amide bonds. The maximum atomic E-state index is 12.7. The minimum atomic E-state index is -5.07. The van der Waals surface area contributed by atoms with Crippen LogP contribution in [0.4, 0.5) is 17.6 Å². The van der Waals surface area contributed by atoms with E-state index < -0.39 is 29.8 Å². The molecule has 76 valence electrons. The normalized spacial score (nSPS) is 12.8. The fourth-order valence-electron chi connectivity index (χ4n) is 0.456. The van der Waals surface area contributed by atoms with E-state index in [1.807, 2.05) is 0 Å². The first kappa shape index (κ1) is 12.1. The molecule has 0 rings (SSSR count). The first-order valence-electron chi connectivity index (χ1n) is 3.37. The second-order valence-corrected chi connectivity index (χ2v) is 2.99. The molecule has 13 heavy (non-hydrogen) atoms. The predicted molar refractivity (Wildman–Crippen MR) is 35.9 cm³/mol. The van der Waals surface area contributed by atoms with E-state index in [4.69, 9.17) is 0 Å².